The highest BCUT2D eigenvalue weighted by Crippen LogP contribution is 2.18. The van der Waals surface area contributed by atoms with E-state index in [4.69, 9.17) is 5.11 Å². The first-order chi connectivity index (χ1) is 6.74. The second-order valence-corrected chi connectivity index (χ2v) is 2.76. The average Bonchev–Trinajstić information content (AvgIpc) is 2.59. The van der Waals surface area contributed by atoms with Gasteiger partial charge >= 0.3 is 5.97 Å². The number of aromatic nitrogens is 2. The molecule has 2 rings (SSSR count). The van der Waals surface area contributed by atoms with Gasteiger partial charge in [0.2, 0.25) is 0 Å². The molecule has 0 amide bonds. The number of hydrogen-bond acceptors (Lipinski definition) is 3. The molecule has 0 bridgehead atoms. The van der Waals surface area contributed by atoms with Crippen LogP contribution in [0.25, 0.3) is 10.9 Å². The van der Waals surface area contributed by atoms with Crippen molar-refractivity contribution in [1.29, 1.82) is 0 Å². The number of hydrogen-bond donors (Lipinski definition) is 2. The molecule has 0 fully saturated rings. The number of carboxylic acids is 1. The van der Waals surface area contributed by atoms with Crippen LogP contribution in [0.15, 0.2) is 18.2 Å². The van der Waals surface area contributed by atoms with Gasteiger partial charge in [-0.2, -0.15) is 5.10 Å². The third-order valence-electron chi connectivity index (χ3n) is 1.96. The van der Waals surface area contributed by atoms with E-state index in [2.05, 4.69) is 10.2 Å². The molecule has 0 aliphatic carbocycles. The van der Waals surface area contributed by atoms with E-state index in [-0.39, 0.29) is 5.56 Å². The molecule has 0 saturated heterocycles. The summed E-state index contributed by atoms with van der Waals surface area (Å²) >= 11 is 0. The average molecular weight is 190 g/mol. The van der Waals surface area contributed by atoms with Crippen LogP contribution in [0.3, 0.4) is 0 Å². The lowest BCUT2D eigenvalue weighted by Crippen LogP contribution is -1.96. The molecular weight excluding hydrogens is 184 g/mol. The molecule has 1 heterocycles. The number of para-hydroxylation sites is 1. The number of carboxylic acid groups (broad SMARTS) is 1. The highest BCUT2D eigenvalue weighted by atomic mass is 16.4. The zero-order valence-corrected chi connectivity index (χ0v) is 7.02. The maximum absolute atomic E-state index is 10.8. The molecule has 0 spiro atoms. The summed E-state index contributed by atoms with van der Waals surface area (Å²) in [7, 11) is 0. The topological polar surface area (TPSA) is 83.0 Å². The van der Waals surface area contributed by atoms with Crippen molar-refractivity contribution in [3.05, 3.63) is 29.5 Å². The fourth-order valence-electron chi connectivity index (χ4n) is 1.32. The molecule has 5 nitrogen and oxygen atoms in total. The van der Waals surface area contributed by atoms with E-state index in [1.165, 1.54) is 6.07 Å². The summed E-state index contributed by atoms with van der Waals surface area (Å²) in [6, 6.07) is 4.67. The number of aromatic carboxylic acids is 1. The zero-order valence-electron chi connectivity index (χ0n) is 7.02. The number of rotatable bonds is 2. The number of carbonyl (C=O) groups excluding carboxylic acids is 1. The summed E-state index contributed by atoms with van der Waals surface area (Å²) in [6.45, 7) is 0. The van der Waals surface area contributed by atoms with Crippen molar-refractivity contribution in [2.24, 2.45) is 0 Å². The number of carbonyl (C=O) groups is 2. The van der Waals surface area contributed by atoms with Gasteiger partial charge in [0.1, 0.15) is 11.2 Å². The Hall–Kier alpha value is -2.17. The Labute approximate surface area is 78.4 Å². The number of nitrogens with zero attached hydrogens (tertiary/aromatic N) is 1. The van der Waals surface area contributed by atoms with Crippen LogP contribution in [0.1, 0.15) is 20.8 Å². The third kappa shape index (κ3) is 1.06. The molecule has 0 aliphatic rings. The molecule has 0 radical (unpaired) electrons. The van der Waals surface area contributed by atoms with Gasteiger partial charge in [0.05, 0.1) is 5.56 Å². The molecule has 2 N–H and O–H groups in total. The molecular formula is C9H6N2O3. The van der Waals surface area contributed by atoms with Gasteiger partial charge in [0.25, 0.3) is 0 Å². The molecule has 0 unspecified atom stereocenters. The van der Waals surface area contributed by atoms with E-state index in [1.54, 1.807) is 12.1 Å². The van der Waals surface area contributed by atoms with Crippen LogP contribution in [-0.2, 0) is 0 Å². The second-order valence-electron chi connectivity index (χ2n) is 2.76. The van der Waals surface area contributed by atoms with Crippen molar-refractivity contribution in [2.75, 3.05) is 0 Å². The first-order valence-electron chi connectivity index (χ1n) is 3.89. The predicted octanol–water partition coefficient (Wildman–Crippen LogP) is 1.07. The van der Waals surface area contributed by atoms with Crippen LogP contribution in [0.5, 0.6) is 0 Å². The quantitative estimate of drug-likeness (QED) is 0.694. The van der Waals surface area contributed by atoms with Gasteiger partial charge in [0.15, 0.2) is 6.29 Å². The second kappa shape index (κ2) is 2.95. The van der Waals surface area contributed by atoms with E-state index in [0.29, 0.717) is 22.9 Å². The van der Waals surface area contributed by atoms with Crippen LogP contribution < -0.4 is 0 Å². The van der Waals surface area contributed by atoms with E-state index in [0.717, 1.165) is 0 Å². The molecule has 1 aromatic heterocycles. The van der Waals surface area contributed by atoms with Crippen molar-refractivity contribution >= 4 is 23.2 Å². The van der Waals surface area contributed by atoms with Gasteiger partial charge in [-0.05, 0) is 6.07 Å². The van der Waals surface area contributed by atoms with Crippen LogP contribution >= 0.6 is 0 Å². The van der Waals surface area contributed by atoms with Crippen molar-refractivity contribution in [3.8, 4) is 0 Å². The Morgan fingerprint density at radius 3 is 2.93 bits per heavy atom. The van der Waals surface area contributed by atoms with Crippen LogP contribution in [0.2, 0.25) is 0 Å². The summed E-state index contributed by atoms with van der Waals surface area (Å²) in [5, 5.41) is 15.6. The van der Waals surface area contributed by atoms with Gasteiger partial charge in [-0.25, -0.2) is 4.79 Å². The first kappa shape index (κ1) is 8.43. The number of aldehydes is 1. The van der Waals surface area contributed by atoms with Gasteiger partial charge in [-0.3, -0.25) is 9.89 Å². The summed E-state index contributed by atoms with van der Waals surface area (Å²) < 4.78 is 0. The molecule has 0 aliphatic heterocycles. The molecule has 1 aromatic carbocycles. The van der Waals surface area contributed by atoms with E-state index in [9.17, 15) is 9.59 Å². The minimum Gasteiger partial charge on any atom is -0.478 e. The Kier molecular flexibility index (Phi) is 1.78. The van der Waals surface area contributed by atoms with E-state index < -0.39 is 5.97 Å². The van der Waals surface area contributed by atoms with Gasteiger partial charge < -0.3 is 5.11 Å². The SMILES string of the molecule is O=Cc1[nH]nc2c(C(=O)O)cccc12. The minimum atomic E-state index is -1.06. The lowest BCUT2D eigenvalue weighted by Gasteiger charge is -1.93. The largest absolute Gasteiger partial charge is 0.478 e. The Balaban J connectivity index is 2.82. The Bertz CT molecular complexity index is 516. The number of aromatic amines is 1. The standard InChI is InChI=1S/C9H6N2O3/c12-4-7-5-2-1-3-6(9(13)14)8(5)11-10-7/h1-4H,(H,10,11)(H,13,14). The summed E-state index contributed by atoms with van der Waals surface area (Å²) in [6.07, 6.45) is 0.612. The van der Waals surface area contributed by atoms with Crippen LogP contribution in [0.4, 0.5) is 0 Å². The number of fused-ring (bicyclic) bond motifs is 1. The van der Waals surface area contributed by atoms with Crippen molar-refractivity contribution in [3.63, 3.8) is 0 Å². The van der Waals surface area contributed by atoms with Gasteiger partial charge in [0, 0.05) is 5.39 Å². The molecule has 70 valence electrons. The van der Waals surface area contributed by atoms with Crippen LogP contribution in [-0.4, -0.2) is 27.6 Å². The molecule has 0 saturated carbocycles. The summed E-state index contributed by atoms with van der Waals surface area (Å²) in [5.74, 6) is -1.06. The smallest absolute Gasteiger partial charge is 0.337 e. The highest BCUT2D eigenvalue weighted by Gasteiger charge is 2.12. The van der Waals surface area contributed by atoms with E-state index >= 15 is 0 Å². The van der Waals surface area contributed by atoms with Crippen molar-refractivity contribution in [2.45, 2.75) is 0 Å². The fraction of sp³-hybridized carbons (Fsp3) is 0. The lowest BCUT2D eigenvalue weighted by atomic mass is 10.1. The summed E-state index contributed by atoms with van der Waals surface area (Å²) in [5.41, 5.74) is 0.692. The number of benzene rings is 1. The van der Waals surface area contributed by atoms with Gasteiger partial charge in [-0.15, -0.1) is 0 Å². The molecule has 2 aromatic rings. The third-order valence-corrected chi connectivity index (χ3v) is 1.96. The monoisotopic (exact) mass is 190 g/mol. The predicted molar refractivity (Wildman–Crippen MR) is 48.4 cm³/mol. The fourth-order valence-corrected chi connectivity index (χ4v) is 1.32. The zero-order chi connectivity index (χ0) is 10.1. The maximum atomic E-state index is 10.8. The normalized spacial score (nSPS) is 10.3. The molecule has 0 atom stereocenters. The highest BCUT2D eigenvalue weighted by molar-refractivity contribution is 6.05. The Morgan fingerprint density at radius 1 is 1.50 bits per heavy atom. The Morgan fingerprint density at radius 2 is 2.29 bits per heavy atom. The molecule has 14 heavy (non-hydrogen) atoms. The van der Waals surface area contributed by atoms with Crippen molar-refractivity contribution < 1.29 is 14.7 Å². The first-order valence-corrected chi connectivity index (χ1v) is 3.89. The molecule has 5 heteroatoms. The van der Waals surface area contributed by atoms with Crippen molar-refractivity contribution in [1.82, 2.24) is 10.2 Å². The van der Waals surface area contributed by atoms with Gasteiger partial charge in [-0.1, -0.05) is 12.1 Å². The minimum absolute atomic E-state index is 0.0897. The lowest BCUT2D eigenvalue weighted by molar-refractivity contribution is 0.0698. The number of nitrogens with one attached hydrogen (secondary N) is 1. The van der Waals surface area contributed by atoms with Crippen LogP contribution in [0, 0.1) is 0 Å². The number of H-pyrrole nitrogens is 1. The summed E-state index contributed by atoms with van der Waals surface area (Å²) in [4.78, 5) is 21.3. The van der Waals surface area contributed by atoms with E-state index in [1.807, 2.05) is 0 Å². The maximum Gasteiger partial charge on any atom is 0.337 e.